The Bertz CT molecular complexity index is 1990. The van der Waals surface area contributed by atoms with E-state index in [1.54, 1.807) is 48.9 Å². The van der Waals surface area contributed by atoms with Crippen molar-refractivity contribution in [2.75, 3.05) is 0 Å². The highest BCUT2D eigenvalue weighted by molar-refractivity contribution is 7.89. The number of nitrogens with one attached hydrogen (secondary N) is 1. The van der Waals surface area contributed by atoms with Gasteiger partial charge in [0.2, 0.25) is 10.0 Å². The zero-order chi connectivity index (χ0) is 31.8. The number of aromatic nitrogens is 2. The van der Waals surface area contributed by atoms with Crippen LogP contribution in [-0.4, -0.2) is 28.6 Å². The molecule has 0 spiro atoms. The standard InChI is InChI=1S/C38H32N4O3S/c43-38(41-26-36-10-4-5-24-40-36)35-17-15-33(16-18-35)32-13-11-29(12-14-32)27-42(28-30-7-6-23-39-25-30)46(44,45)37-21-19-34(20-22-37)31-8-2-1-3-9-31/h1-25H,26-28H2,(H,41,43). The predicted molar refractivity (Wildman–Crippen MR) is 180 cm³/mol. The second-order valence-corrected chi connectivity index (χ2v) is 12.7. The Balaban J connectivity index is 1.17. The van der Waals surface area contributed by atoms with Crippen LogP contribution in [0.25, 0.3) is 22.3 Å². The molecule has 4 aromatic carbocycles. The molecule has 0 bridgehead atoms. The Labute approximate surface area is 269 Å². The number of carbonyl (C=O) groups excluding carboxylic acids is 1. The fraction of sp³-hybridized carbons (Fsp3) is 0.0789. The van der Waals surface area contributed by atoms with Crippen LogP contribution in [0.4, 0.5) is 0 Å². The van der Waals surface area contributed by atoms with Crippen molar-refractivity contribution in [2.24, 2.45) is 0 Å². The number of pyridine rings is 2. The molecule has 0 aliphatic carbocycles. The average Bonchev–Trinajstić information content (AvgIpc) is 3.12. The first-order chi connectivity index (χ1) is 22.5. The third-order valence-corrected chi connectivity index (χ3v) is 9.44. The zero-order valence-corrected chi connectivity index (χ0v) is 25.8. The SMILES string of the molecule is O=C(NCc1ccccn1)c1ccc(-c2ccc(CN(Cc3cccnc3)S(=O)(=O)c3ccc(-c4ccccc4)cc3)cc2)cc1. The summed E-state index contributed by atoms with van der Waals surface area (Å²) >= 11 is 0. The maximum Gasteiger partial charge on any atom is 0.251 e. The van der Waals surface area contributed by atoms with Gasteiger partial charge in [0, 0.05) is 37.2 Å². The maximum absolute atomic E-state index is 14.0. The van der Waals surface area contributed by atoms with Gasteiger partial charge >= 0.3 is 0 Å². The lowest BCUT2D eigenvalue weighted by Gasteiger charge is -2.23. The van der Waals surface area contributed by atoms with Gasteiger partial charge in [0.25, 0.3) is 5.91 Å². The third-order valence-electron chi connectivity index (χ3n) is 7.63. The van der Waals surface area contributed by atoms with Crippen LogP contribution in [0.3, 0.4) is 0 Å². The molecule has 6 rings (SSSR count). The molecule has 6 aromatic rings. The highest BCUT2D eigenvalue weighted by Gasteiger charge is 2.25. The number of carbonyl (C=O) groups is 1. The summed E-state index contributed by atoms with van der Waals surface area (Å²) in [6, 6.07) is 41.4. The number of rotatable bonds is 11. The number of nitrogens with zero attached hydrogens (tertiary/aromatic N) is 3. The van der Waals surface area contributed by atoms with Crippen molar-refractivity contribution in [1.29, 1.82) is 0 Å². The van der Waals surface area contributed by atoms with Crippen molar-refractivity contribution in [1.82, 2.24) is 19.6 Å². The second-order valence-electron chi connectivity index (χ2n) is 10.8. The summed E-state index contributed by atoms with van der Waals surface area (Å²) < 4.78 is 29.4. The highest BCUT2D eigenvalue weighted by atomic mass is 32.2. The number of amides is 1. The average molecular weight is 625 g/mol. The minimum atomic E-state index is -3.83. The lowest BCUT2D eigenvalue weighted by atomic mass is 10.0. The number of hydrogen-bond donors (Lipinski definition) is 1. The Morgan fingerprint density at radius 2 is 1.22 bits per heavy atom. The molecule has 8 heteroatoms. The quantitative estimate of drug-likeness (QED) is 0.166. The van der Waals surface area contributed by atoms with Gasteiger partial charge in [-0.15, -0.1) is 0 Å². The van der Waals surface area contributed by atoms with E-state index in [0.29, 0.717) is 12.1 Å². The van der Waals surface area contributed by atoms with Crippen molar-refractivity contribution >= 4 is 15.9 Å². The van der Waals surface area contributed by atoms with E-state index in [1.165, 1.54) is 4.31 Å². The predicted octanol–water partition coefficient (Wildman–Crippen LogP) is 7.13. The lowest BCUT2D eigenvalue weighted by molar-refractivity contribution is 0.0950. The van der Waals surface area contributed by atoms with Gasteiger partial charge in [0.15, 0.2) is 0 Å². The number of benzene rings is 4. The summed E-state index contributed by atoms with van der Waals surface area (Å²) in [5, 5.41) is 2.89. The molecule has 0 saturated heterocycles. The molecule has 0 aliphatic heterocycles. The summed E-state index contributed by atoms with van der Waals surface area (Å²) in [5.74, 6) is -0.169. The van der Waals surface area contributed by atoms with Gasteiger partial charge < -0.3 is 5.32 Å². The molecule has 0 radical (unpaired) electrons. The van der Waals surface area contributed by atoms with Gasteiger partial charge in [0.1, 0.15) is 0 Å². The Kier molecular flexibility index (Phi) is 9.38. The summed E-state index contributed by atoms with van der Waals surface area (Å²) in [7, 11) is -3.83. The monoisotopic (exact) mass is 624 g/mol. The van der Waals surface area contributed by atoms with Crippen molar-refractivity contribution in [3.8, 4) is 22.3 Å². The molecule has 1 N–H and O–H groups in total. The topological polar surface area (TPSA) is 92.3 Å². The first kappa shape index (κ1) is 30.6. The molecule has 228 valence electrons. The van der Waals surface area contributed by atoms with Crippen LogP contribution in [0.5, 0.6) is 0 Å². The summed E-state index contributed by atoms with van der Waals surface area (Å²) in [6.07, 6.45) is 5.06. The largest absolute Gasteiger partial charge is 0.346 e. The summed E-state index contributed by atoms with van der Waals surface area (Å²) in [4.78, 5) is 21.3. The Morgan fingerprint density at radius 3 is 1.85 bits per heavy atom. The van der Waals surface area contributed by atoms with E-state index in [4.69, 9.17) is 0 Å². The van der Waals surface area contributed by atoms with E-state index in [9.17, 15) is 13.2 Å². The van der Waals surface area contributed by atoms with Crippen LogP contribution in [0, 0.1) is 0 Å². The number of hydrogen-bond acceptors (Lipinski definition) is 5. The second kappa shape index (κ2) is 14.1. The Hall–Kier alpha value is -5.44. The van der Waals surface area contributed by atoms with Crippen molar-refractivity contribution < 1.29 is 13.2 Å². The number of sulfonamides is 1. The maximum atomic E-state index is 14.0. The van der Waals surface area contributed by atoms with Gasteiger partial charge in [-0.05, 0) is 75.8 Å². The van der Waals surface area contributed by atoms with Crippen molar-refractivity contribution in [2.45, 2.75) is 24.5 Å². The van der Waals surface area contributed by atoms with E-state index < -0.39 is 10.0 Å². The van der Waals surface area contributed by atoms with Crippen LogP contribution < -0.4 is 5.32 Å². The molecule has 0 aliphatic rings. The Morgan fingerprint density at radius 1 is 0.609 bits per heavy atom. The normalized spacial score (nSPS) is 11.3. The molecule has 0 fully saturated rings. The fourth-order valence-corrected chi connectivity index (χ4v) is 6.53. The smallest absolute Gasteiger partial charge is 0.251 e. The van der Waals surface area contributed by atoms with Gasteiger partial charge in [-0.1, -0.05) is 91.0 Å². The fourth-order valence-electron chi connectivity index (χ4n) is 5.12. The molecule has 2 aromatic heterocycles. The minimum Gasteiger partial charge on any atom is -0.346 e. The molecule has 0 saturated carbocycles. The van der Waals surface area contributed by atoms with Gasteiger partial charge in [-0.2, -0.15) is 4.31 Å². The van der Waals surface area contributed by atoms with Crippen LogP contribution in [-0.2, 0) is 29.7 Å². The van der Waals surface area contributed by atoms with E-state index in [-0.39, 0.29) is 23.9 Å². The minimum absolute atomic E-state index is 0.169. The molecular formula is C38H32N4O3S. The third kappa shape index (κ3) is 7.43. The molecule has 1 amide bonds. The van der Waals surface area contributed by atoms with E-state index in [0.717, 1.165) is 39.1 Å². The van der Waals surface area contributed by atoms with Crippen LogP contribution >= 0.6 is 0 Å². The highest BCUT2D eigenvalue weighted by Crippen LogP contribution is 2.26. The van der Waals surface area contributed by atoms with E-state index >= 15 is 0 Å². The van der Waals surface area contributed by atoms with Crippen LogP contribution in [0.15, 0.2) is 157 Å². The van der Waals surface area contributed by atoms with Gasteiger partial charge in [0.05, 0.1) is 17.1 Å². The lowest BCUT2D eigenvalue weighted by Crippen LogP contribution is -2.30. The molecular weight excluding hydrogens is 593 g/mol. The summed E-state index contributed by atoms with van der Waals surface area (Å²) in [6.45, 7) is 0.727. The summed E-state index contributed by atoms with van der Waals surface area (Å²) in [5.41, 5.74) is 6.89. The molecule has 0 unspecified atom stereocenters. The molecule has 0 atom stereocenters. The van der Waals surface area contributed by atoms with Gasteiger partial charge in [-0.25, -0.2) is 8.42 Å². The first-order valence-corrected chi connectivity index (χ1v) is 16.3. The van der Waals surface area contributed by atoms with E-state index in [2.05, 4.69) is 15.3 Å². The first-order valence-electron chi connectivity index (χ1n) is 14.9. The van der Waals surface area contributed by atoms with Crippen molar-refractivity contribution in [3.63, 3.8) is 0 Å². The van der Waals surface area contributed by atoms with Crippen LogP contribution in [0.2, 0.25) is 0 Å². The van der Waals surface area contributed by atoms with E-state index in [1.807, 2.05) is 103 Å². The molecule has 2 heterocycles. The zero-order valence-electron chi connectivity index (χ0n) is 25.0. The van der Waals surface area contributed by atoms with Crippen LogP contribution in [0.1, 0.15) is 27.2 Å². The van der Waals surface area contributed by atoms with Crippen molar-refractivity contribution in [3.05, 3.63) is 174 Å². The molecule has 46 heavy (non-hydrogen) atoms. The van der Waals surface area contributed by atoms with Gasteiger partial charge in [-0.3, -0.25) is 14.8 Å². The molecule has 7 nitrogen and oxygen atoms in total.